The van der Waals surface area contributed by atoms with Crippen LogP contribution in [0, 0.1) is 10.1 Å². The Morgan fingerprint density at radius 3 is 2.00 bits per heavy atom. The number of rotatable bonds is 29. The Balaban J connectivity index is 1.47. The molecular weight excluding hydrogens is 827 g/mol. The number of anilines is 1. The van der Waals surface area contributed by atoms with Crippen LogP contribution in [-0.4, -0.2) is 98.5 Å². The predicted octanol–water partition coefficient (Wildman–Crippen LogP) is 3.96. The minimum absolute atomic E-state index is 0.0321. The Kier molecular flexibility index (Phi) is 23.0. The summed E-state index contributed by atoms with van der Waals surface area (Å²) in [5, 5.41) is 32.6. The number of carbonyl (C=O) groups excluding carboxylic acids is 6. The van der Waals surface area contributed by atoms with Crippen LogP contribution >= 0.6 is 0 Å². The molecule has 20 heteroatoms. The highest BCUT2D eigenvalue weighted by Crippen LogP contribution is 2.23. The molecule has 3 aromatic carbocycles. The molecule has 3 aromatic rings. The summed E-state index contributed by atoms with van der Waals surface area (Å²) in [5.74, 6) is -3.05. The topological polar surface area (TPSA) is 295 Å². The van der Waals surface area contributed by atoms with Gasteiger partial charge in [0.25, 0.3) is 5.69 Å². The number of hydrogen-bond acceptors (Lipinski definition) is 13. The average molecular weight is 888 g/mol. The lowest BCUT2D eigenvalue weighted by Gasteiger charge is -2.25. The largest absolute Gasteiger partial charge is 0.448 e. The molecule has 0 heterocycles. The first-order valence-corrected chi connectivity index (χ1v) is 21.4. The van der Waals surface area contributed by atoms with Gasteiger partial charge in [-0.25, -0.2) is 4.79 Å². The van der Waals surface area contributed by atoms with Crippen molar-refractivity contribution in [1.29, 1.82) is 0 Å². The fourth-order valence-electron chi connectivity index (χ4n) is 6.14. The van der Waals surface area contributed by atoms with E-state index in [1.807, 2.05) is 49.2 Å². The maximum atomic E-state index is 13.8. The lowest BCUT2D eigenvalue weighted by molar-refractivity contribution is -0.384. The van der Waals surface area contributed by atoms with E-state index in [0.717, 1.165) is 17.7 Å². The Labute approximate surface area is 372 Å². The van der Waals surface area contributed by atoms with Gasteiger partial charge >= 0.3 is 6.09 Å². The highest BCUT2D eigenvalue weighted by molar-refractivity contribution is 5.95. The van der Waals surface area contributed by atoms with Crippen LogP contribution in [0.15, 0.2) is 89.1 Å². The van der Waals surface area contributed by atoms with E-state index in [4.69, 9.17) is 16.2 Å². The predicted molar refractivity (Wildman–Crippen MR) is 241 cm³/mol. The molecule has 0 aliphatic carbocycles. The molecule has 20 nitrogen and oxygen atoms in total. The number of likely N-dealkylation sites (N-methyl/N-ethyl adjacent to an activating group) is 1. The van der Waals surface area contributed by atoms with Crippen LogP contribution in [-0.2, 0) is 35.1 Å². The van der Waals surface area contributed by atoms with Crippen LogP contribution in [0.1, 0.15) is 70.3 Å². The lowest BCUT2D eigenvalue weighted by atomic mass is 10.0. The molecule has 64 heavy (non-hydrogen) atoms. The SMILES string of the molecule is CCCCNC(=O)[C@H](CC(N)=O)NC(=O)[C@H](CCCCN)NC(=O)[C@H](Cc1ccccc1)NC(=O)CCCCNC(=O)OCCN(C)c1ccc(N=Nc2ccc([N+](=O)[O-])cc2)cc1. The number of hydrogen-bond donors (Lipinski definition) is 7. The first-order valence-electron chi connectivity index (χ1n) is 21.4. The molecule has 0 spiro atoms. The first-order chi connectivity index (χ1) is 30.8. The van der Waals surface area contributed by atoms with Gasteiger partial charge in [0.15, 0.2) is 0 Å². The number of benzene rings is 3. The number of alkyl carbamates (subject to hydrolysis) is 1. The first kappa shape index (κ1) is 51.4. The van der Waals surface area contributed by atoms with E-state index in [1.54, 1.807) is 24.3 Å². The summed E-state index contributed by atoms with van der Waals surface area (Å²) in [6.07, 6.45) is 2.75. The maximum Gasteiger partial charge on any atom is 0.407 e. The van der Waals surface area contributed by atoms with E-state index < -0.39 is 65.1 Å². The molecule has 6 amide bonds. The fraction of sp³-hybridized carbons (Fsp3) is 0.455. The monoisotopic (exact) mass is 887 g/mol. The molecular formula is C44H61N11O9. The molecule has 9 N–H and O–H groups in total. The number of ether oxygens (including phenoxy) is 1. The van der Waals surface area contributed by atoms with Crippen molar-refractivity contribution in [2.75, 3.05) is 44.7 Å². The van der Waals surface area contributed by atoms with E-state index in [0.29, 0.717) is 63.1 Å². The molecule has 0 aromatic heterocycles. The van der Waals surface area contributed by atoms with Gasteiger partial charge in [-0.15, -0.1) is 0 Å². The molecule has 346 valence electrons. The second-order valence-electron chi connectivity index (χ2n) is 15.0. The van der Waals surface area contributed by atoms with Gasteiger partial charge in [-0.2, -0.15) is 10.2 Å². The van der Waals surface area contributed by atoms with Crippen LogP contribution < -0.4 is 43.0 Å². The normalized spacial score (nSPS) is 12.3. The second-order valence-corrected chi connectivity index (χ2v) is 15.0. The number of nitrogens with two attached hydrogens (primary N) is 2. The molecule has 0 radical (unpaired) electrons. The van der Waals surface area contributed by atoms with E-state index in [-0.39, 0.29) is 38.1 Å². The number of carbonyl (C=O) groups is 6. The number of non-ortho nitro benzene ring substituents is 1. The Bertz CT molecular complexity index is 1980. The zero-order valence-corrected chi connectivity index (χ0v) is 36.5. The van der Waals surface area contributed by atoms with Gasteiger partial charge in [-0.1, -0.05) is 43.7 Å². The summed E-state index contributed by atoms with van der Waals surface area (Å²) in [5.41, 5.74) is 13.7. The Morgan fingerprint density at radius 2 is 1.38 bits per heavy atom. The van der Waals surface area contributed by atoms with E-state index >= 15 is 0 Å². The molecule has 0 saturated heterocycles. The zero-order chi connectivity index (χ0) is 46.7. The van der Waals surface area contributed by atoms with Crippen LogP contribution in [0.25, 0.3) is 0 Å². The number of nitrogens with one attached hydrogen (secondary N) is 5. The van der Waals surface area contributed by atoms with E-state index in [9.17, 15) is 38.9 Å². The average Bonchev–Trinajstić information content (AvgIpc) is 3.27. The number of nitro groups is 1. The third-order valence-electron chi connectivity index (χ3n) is 9.77. The smallest absolute Gasteiger partial charge is 0.407 e. The van der Waals surface area contributed by atoms with Crippen molar-refractivity contribution in [3.63, 3.8) is 0 Å². The highest BCUT2D eigenvalue weighted by atomic mass is 16.6. The van der Waals surface area contributed by atoms with Crippen molar-refractivity contribution in [2.24, 2.45) is 21.7 Å². The van der Waals surface area contributed by atoms with Gasteiger partial charge in [-0.05, 0) is 87.0 Å². The summed E-state index contributed by atoms with van der Waals surface area (Å²) in [6.45, 7) is 3.42. The van der Waals surface area contributed by atoms with Crippen molar-refractivity contribution in [1.82, 2.24) is 26.6 Å². The van der Waals surface area contributed by atoms with Crippen LogP contribution in [0.2, 0.25) is 0 Å². The lowest BCUT2D eigenvalue weighted by Crippen LogP contribution is -2.57. The van der Waals surface area contributed by atoms with E-state index in [1.165, 1.54) is 24.3 Å². The number of primary amides is 1. The minimum Gasteiger partial charge on any atom is -0.448 e. The number of nitrogens with zero attached hydrogens (tertiary/aromatic N) is 4. The highest BCUT2D eigenvalue weighted by Gasteiger charge is 2.30. The minimum atomic E-state index is -1.24. The number of amides is 6. The van der Waals surface area contributed by atoms with Gasteiger partial charge in [0.2, 0.25) is 29.5 Å². The summed E-state index contributed by atoms with van der Waals surface area (Å²) in [6, 6.07) is 18.6. The Hall–Kier alpha value is -6.96. The van der Waals surface area contributed by atoms with Crippen LogP contribution in [0.5, 0.6) is 0 Å². The maximum absolute atomic E-state index is 13.8. The molecule has 0 saturated carbocycles. The fourth-order valence-corrected chi connectivity index (χ4v) is 6.14. The standard InChI is InChI=1S/C44H61N11O9/c1-3-4-25-47-41(58)38(30-39(46)56)51-42(59)36(14-8-10-24-45)50-43(60)37(29-31-12-6-5-7-13-31)49-40(57)15-9-11-26-48-44(61)64-28-27-54(2)34-20-16-32(17-21-34)52-53-33-18-22-35(23-19-33)55(62)63/h5-7,12-13,16-23,36-38H,3-4,8-11,14-15,24-30,45H2,1-2H3,(H2,46,56)(H,47,58)(H,48,61)(H,49,57)(H,50,60)(H,51,59)/t36-,37-,38-/m0/s1. The van der Waals surface area contributed by atoms with Gasteiger partial charge in [0.05, 0.1) is 29.3 Å². The molecule has 0 aliphatic heterocycles. The Morgan fingerprint density at radius 1 is 0.750 bits per heavy atom. The second kappa shape index (κ2) is 28.6. The molecule has 0 unspecified atom stereocenters. The molecule has 0 bridgehead atoms. The van der Waals surface area contributed by atoms with Crippen molar-refractivity contribution in [2.45, 2.75) is 89.3 Å². The van der Waals surface area contributed by atoms with Crippen molar-refractivity contribution >= 4 is 58.4 Å². The van der Waals surface area contributed by atoms with Gasteiger partial charge in [0, 0.05) is 50.8 Å². The van der Waals surface area contributed by atoms with Gasteiger partial charge in [0.1, 0.15) is 24.7 Å². The van der Waals surface area contributed by atoms with Gasteiger partial charge in [-0.3, -0.25) is 34.1 Å². The molecule has 3 atom stereocenters. The molecule has 0 aliphatic rings. The number of azo groups is 1. The van der Waals surface area contributed by atoms with Crippen molar-refractivity contribution in [3.05, 3.63) is 94.5 Å². The summed E-state index contributed by atoms with van der Waals surface area (Å²) in [4.78, 5) is 89.7. The van der Waals surface area contributed by atoms with Gasteiger partial charge < -0.3 is 47.7 Å². The van der Waals surface area contributed by atoms with Crippen LogP contribution in [0.4, 0.5) is 27.5 Å². The zero-order valence-electron chi connectivity index (χ0n) is 36.5. The van der Waals surface area contributed by atoms with Crippen molar-refractivity contribution in [3.8, 4) is 0 Å². The van der Waals surface area contributed by atoms with Crippen molar-refractivity contribution < 1.29 is 38.4 Å². The summed E-state index contributed by atoms with van der Waals surface area (Å²) in [7, 11) is 1.84. The summed E-state index contributed by atoms with van der Waals surface area (Å²) >= 11 is 0. The third kappa shape index (κ3) is 19.8. The van der Waals surface area contributed by atoms with Crippen LogP contribution in [0.3, 0.4) is 0 Å². The molecule has 0 fully saturated rings. The number of unbranched alkanes of at least 4 members (excludes halogenated alkanes) is 3. The van der Waals surface area contributed by atoms with E-state index in [2.05, 4.69) is 36.8 Å². The third-order valence-corrected chi connectivity index (χ3v) is 9.77. The summed E-state index contributed by atoms with van der Waals surface area (Å²) < 4.78 is 5.31. The molecule has 3 rings (SSSR count). The quantitative estimate of drug-likeness (QED) is 0.0227. The number of nitro benzene ring substituents is 1.